The van der Waals surface area contributed by atoms with E-state index in [-0.39, 0.29) is 11.9 Å². The van der Waals surface area contributed by atoms with Gasteiger partial charge in [-0.15, -0.1) is 0 Å². The van der Waals surface area contributed by atoms with Gasteiger partial charge in [-0.2, -0.15) is 0 Å². The van der Waals surface area contributed by atoms with Crippen LogP contribution in [0.1, 0.15) is 0 Å². The summed E-state index contributed by atoms with van der Waals surface area (Å²) >= 11 is 3.13. The van der Waals surface area contributed by atoms with Gasteiger partial charge in [0.2, 0.25) is 5.95 Å². The summed E-state index contributed by atoms with van der Waals surface area (Å²) in [5.74, 6) is -0.0278. The highest BCUT2D eigenvalue weighted by Gasteiger charge is 2.15. The largest absolute Gasteiger partial charge is 0.382 e. The van der Waals surface area contributed by atoms with E-state index in [2.05, 4.69) is 20.9 Å². The molecule has 0 aliphatic heterocycles. The van der Waals surface area contributed by atoms with Gasteiger partial charge in [0.15, 0.2) is 0 Å². The van der Waals surface area contributed by atoms with E-state index in [0.717, 1.165) is 0 Å². The lowest BCUT2D eigenvalue weighted by atomic mass is 10.3. The minimum atomic E-state index is -0.352. The third kappa shape index (κ3) is 2.88. The van der Waals surface area contributed by atoms with Gasteiger partial charge in [-0.25, -0.2) is 9.37 Å². The second kappa shape index (κ2) is 5.85. The molecule has 104 valence electrons. The predicted octanol–water partition coefficient (Wildman–Crippen LogP) is 2.18. The average Bonchev–Trinajstić information content (AvgIpc) is 2.66. The van der Waals surface area contributed by atoms with Crippen LogP contribution in [0, 0.1) is 5.82 Å². The number of hydrogen-bond acceptors (Lipinski definition) is 4. The molecule has 0 spiro atoms. The van der Waals surface area contributed by atoms with Crippen molar-refractivity contribution in [3.05, 3.63) is 22.4 Å². The first-order valence-corrected chi connectivity index (χ1v) is 6.48. The minimum absolute atomic E-state index is 0.170. The number of aromatic nitrogens is 2. The topological polar surface area (TPSA) is 62.3 Å². The van der Waals surface area contributed by atoms with Crippen molar-refractivity contribution < 1.29 is 13.9 Å². The Morgan fingerprint density at radius 1 is 1.47 bits per heavy atom. The van der Waals surface area contributed by atoms with Gasteiger partial charge in [0.05, 0.1) is 34.8 Å². The summed E-state index contributed by atoms with van der Waals surface area (Å²) in [6.07, 6.45) is -0.170. The van der Waals surface area contributed by atoms with E-state index in [4.69, 9.17) is 15.2 Å². The summed E-state index contributed by atoms with van der Waals surface area (Å²) in [5.41, 5.74) is 7.14. The highest BCUT2D eigenvalue weighted by atomic mass is 79.9. The molecule has 5 nitrogen and oxygen atoms in total. The number of benzene rings is 1. The molecule has 1 aromatic carbocycles. The van der Waals surface area contributed by atoms with E-state index in [1.54, 1.807) is 24.9 Å². The number of rotatable bonds is 5. The minimum Gasteiger partial charge on any atom is -0.382 e. The Bertz CT molecular complexity index is 588. The standard InChI is InChI=1S/C12H15BrFN3O2/c1-18-6-7(19-2)5-17-11-4-9(14)8(13)3-10(11)16-12(17)15/h3-4,7H,5-6H2,1-2H3,(H2,15,16). The van der Waals surface area contributed by atoms with E-state index in [9.17, 15) is 4.39 Å². The monoisotopic (exact) mass is 331 g/mol. The first-order valence-electron chi connectivity index (χ1n) is 5.69. The number of fused-ring (bicyclic) bond motifs is 1. The molecule has 1 unspecified atom stereocenters. The van der Waals surface area contributed by atoms with Crippen LogP contribution >= 0.6 is 15.9 Å². The fourth-order valence-electron chi connectivity index (χ4n) is 1.92. The van der Waals surface area contributed by atoms with Crippen molar-refractivity contribution in [2.24, 2.45) is 0 Å². The van der Waals surface area contributed by atoms with Crippen molar-refractivity contribution in [2.45, 2.75) is 12.6 Å². The van der Waals surface area contributed by atoms with Crippen LogP contribution in [0.25, 0.3) is 11.0 Å². The summed E-state index contributed by atoms with van der Waals surface area (Å²) in [7, 11) is 3.19. The zero-order valence-corrected chi connectivity index (χ0v) is 12.3. The van der Waals surface area contributed by atoms with Crippen molar-refractivity contribution in [1.29, 1.82) is 0 Å². The Morgan fingerprint density at radius 2 is 2.21 bits per heavy atom. The second-order valence-electron chi connectivity index (χ2n) is 4.15. The normalized spacial score (nSPS) is 13.1. The van der Waals surface area contributed by atoms with Crippen LogP contribution in [0.15, 0.2) is 16.6 Å². The number of methoxy groups -OCH3 is 2. The van der Waals surface area contributed by atoms with Gasteiger partial charge >= 0.3 is 0 Å². The van der Waals surface area contributed by atoms with Gasteiger partial charge in [-0.3, -0.25) is 0 Å². The lowest BCUT2D eigenvalue weighted by Crippen LogP contribution is -2.24. The number of anilines is 1. The maximum Gasteiger partial charge on any atom is 0.201 e. The van der Waals surface area contributed by atoms with Crippen molar-refractivity contribution in [2.75, 3.05) is 26.6 Å². The summed E-state index contributed by atoms with van der Waals surface area (Å²) in [6, 6.07) is 3.01. The molecule has 0 amide bonds. The molecule has 1 atom stereocenters. The van der Waals surface area contributed by atoms with Gasteiger partial charge in [-0.05, 0) is 22.0 Å². The highest BCUT2D eigenvalue weighted by molar-refractivity contribution is 9.10. The van der Waals surface area contributed by atoms with Crippen LogP contribution in [0.3, 0.4) is 0 Å². The van der Waals surface area contributed by atoms with E-state index < -0.39 is 0 Å². The van der Waals surface area contributed by atoms with Gasteiger partial charge in [0.25, 0.3) is 0 Å². The van der Waals surface area contributed by atoms with Crippen molar-refractivity contribution >= 4 is 32.9 Å². The van der Waals surface area contributed by atoms with Crippen LogP contribution in [0.5, 0.6) is 0 Å². The Labute approximate surface area is 118 Å². The van der Waals surface area contributed by atoms with E-state index in [0.29, 0.717) is 34.6 Å². The molecule has 1 aromatic heterocycles. The third-order valence-corrected chi connectivity index (χ3v) is 3.50. The Balaban J connectivity index is 2.42. The molecule has 7 heteroatoms. The summed E-state index contributed by atoms with van der Waals surface area (Å²) in [5, 5.41) is 0. The SMILES string of the molecule is COCC(Cn1c(N)nc2cc(Br)c(F)cc21)OC. The van der Waals surface area contributed by atoms with E-state index in [1.165, 1.54) is 6.07 Å². The third-order valence-electron chi connectivity index (χ3n) is 2.89. The van der Waals surface area contributed by atoms with Crippen LogP contribution in [0.4, 0.5) is 10.3 Å². The molecule has 0 radical (unpaired) electrons. The molecule has 0 aliphatic carbocycles. The van der Waals surface area contributed by atoms with Crippen molar-refractivity contribution in [3.63, 3.8) is 0 Å². The Kier molecular flexibility index (Phi) is 4.38. The molecule has 2 N–H and O–H groups in total. The molecule has 0 aliphatic rings. The Hall–Kier alpha value is -1.18. The van der Waals surface area contributed by atoms with Gasteiger partial charge in [0, 0.05) is 20.3 Å². The number of imidazole rings is 1. The quantitative estimate of drug-likeness (QED) is 0.912. The molecule has 2 aromatic rings. The number of nitrogen functional groups attached to an aromatic ring is 1. The van der Waals surface area contributed by atoms with Crippen LogP contribution in [-0.2, 0) is 16.0 Å². The molecule has 0 saturated carbocycles. The first-order chi connectivity index (χ1) is 9.06. The smallest absolute Gasteiger partial charge is 0.201 e. The Morgan fingerprint density at radius 3 is 2.84 bits per heavy atom. The average molecular weight is 332 g/mol. The molecular weight excluding hydrogens is 317 g/mol. The van der Waals surface area contributed by atoms with Gasteiger partial charge < -0.3 is 19.8 Å². The molecule has 1 heterocycles. The molecule has 19 heavy (non-hydrogen) atoms. The van der Waals surface area contributed by atoms with Crippen molar-refractivity contribution in [1.82, 2.24) is 9.55 Å². The molecule has 2 rings (SSSR count). The highest BCUT2D eigenvalue weighted by Crippen LogP contribution is 2.25. The molecule has 0 saturated heterocycles. The van der Waals surface area contributed by atoms with Crippen LogP contribution in [0.2, 0.25) is 0 Å². The van der Waals surface area contributed by atoms with Crippen LogP contribution in [-0.4, -0.2) is 36.5 Å². The summed E-state index contributed by atoms with van der Waals surface area (Å²) < 4.78 is 26.1. The zero-order chi connectivity index (χ0) is 14.0. The maximum absolute atomic E-state index is 13.6. The molecular formula is C12H15BrFN3O2. The van der Waals surface area contributed by atoms with E-state index >= 15 is 0 Å². The summed E-state index contributed by atoms with van der Waals surface area (Å²) in [6.45, 7) is 0.877. The number of halogens is 2. The first kappa shape index (κ1) is 14.2. The number of ether oxygens (including phenoxy) is 2. The maximum atomic E-state index is 13.6. The number of nitrogens with zero attached hydrogens (tertiary/aromatic N) is 2. The van der Waals surface area contributed by atoms with Gasteiger partial charge in [-0.1, -0.05) is 0 Å². The molecule has 0 fully saturated rings. The number of nitrogens with two attached hydrogens (primary N) is 1. The van der Waals surface area contributed by atoms with Crippen molar-refractivity contribution in [3.8, 4) is 0 Å². The summed E-state index contributed by atoms with van der Waals surface area (Å²) in [4.78, 5) is 4.21. The van der Waals surface area contributed by atoms with Crippen LogP contribution < -0.4 is 5.73 Å². The lowest BCUT2D eigenvalue weighted by molar-refractivity contribution is 0.0193. The fourth-order valence-corrected chi connectivity index (χ4v) is 2.25. The zero-order valence-electron chi connectivity index (χ0n) is 10.7. The number of hydrogen-bond donors (Lipinski definition) is 1. The molecule has 0 bridgehead atoms. The predicted molar refractivity (Wildman–Crippen MR) is 74.5 cm³/mol. The van der Waals surface area contributed by atoms with E-state index in [1.807, 2.05) is 0 Å². The lowest BCUT2D eigenvalue weighted by Gasteiger charge is -2.16. The van der Waals surface area contributed by atoms with Gasteiger partial charge in [0.1, 0.15) is 5.82 Å². The second-order valence-corrected chi connectivity index (χ2v) is 5.00. The fraction of sp³-hybridized carbons (Fsp3) is 0.417.